The van der Waals surface area contributed by atoms with Crippen molar-refractivity contribution in [2.24, 2.45) is 0 Å². The van der Waals surface area contributed by atoms with Crippen LogP contribution in [-0.4, -0.2) is 45.9 Å². The maximum atomic E-state index is 12.2. The van der Waals surface area contributed by atoms with Crippen LogP contribution in [0.25, 0.3) is 0 Å². The summed E-state index contributed by atoms with van der Waals surface area (Å²) >= 11 is 1.16. The molecule has 1 aromatic heterocycles. The fourth-order valence-corrected chi connectivity index (χ4v) is 3.00. The lowest BCUT2D eigenvalue weighted by atomic mass is 10.1. The Bertz CT molecular complexity index is 883. The van der Waals surface area contributed by atoms with Crippen molar-refractivity contribution < 1.29 is 34.1 Å². The van der Waals surface area contributed by atoms with Crippen LogP contribution in [0.15, 0.2) is 23.6 Å². The van der Waals surface area contributed by atoms with Gasteiger partial charge in [0.15, 0.2) is 16.6 Å². The minimum atomic E-state index is -1.31. The number of carboxylic acid groups (broad SMARTS) is 2. The van der Waals surface area contributed by atoms with E-state index in [1.807, 2.05) is 0 Å². The molecule has 11 heteroatoms. The van der Waals surface area contributed by atoms with Crippen LogP contribution < -0.4 is 20.1 Å². The number of carbonyl (C=O) groups excluding carboxylic acids is 1. The molecule has 27 heavy (non-hydrogen) atoms. The van der Waals surface area contributed by atoms with Gasteiger partial charge in [-0.25, -0.2) is 9.78 Å². The first-order chi connectivity index (χ1) is 12.9. The number of hydrogen-bond donors (Lipinski definition) is 4. The molecule has 1 atom stereocenters. The van der Waals surface area contributed by atoms with Gasteiger partial charge in [-0.1, -0.05) is 0 Å². The molecule has 142 valence electrons. The summed E-state index contributed by atoms with van der Waals surface area (Å²) in [6.07, 6.45) is -0.589. The molecule has 0 saturated heterocycles. The van der Waals surface area contributed by atoms with E-state index in [4.69, 9.17) is 19.7 Å². The number of thiazole rings is 1. The highest BCUT2D eigenvalue weighted by Crippen LogP contribution is 2.35. The van der Waals surface area contributed by atoms with E-state index in [1.165, 1.54) is 5.38 Å². The van der Waals surface area contributed by atoms with Crippen molar-refractivity contribution in [1.82, 2.24) is 10.3 Å². The summed E-state index contributed by atoms with van der Waals surface area (Å²) in [6, 6.07) is 3.93. The van der Waals surface area contributed by atoms with Gasteiger partial charge in [-0.2, -0.15) is 0 Å². The van der Waals surface area contributed by atoms with Crippen LogP contribution in [0.1, 0.15) is 23.3 Å². The van der Waals surface area contributed by atoms with Crippen molar-refractivity contribution in [1.29, 1.82) is 0 Å². The SMILES string of the molecule is O=C(O)CCC(NC(=O)c1csc(Nc2ccc3c(c2)OCO3)n1)C(=O)O. The molecule has 2 heterocycles. The average Bonchev–Trinajstić information content (AvgIpc) is 3.26. The zero-order valence-corrected chi connectivity index (χ0v) is 14.6. The topological polar surface area (TPSA) is 147 Å². The molecule has 1 aliphatic heterocycles. The van der Waals surface area contributed by atoms with E-state index in [-0.39, 0.29) is 25.3 Å². The van der Waals surface area contributed by atoms with E-state index in [9.17, 15) is 14.4 Å². The molecule has 0 spiro atoms. The van der Waals surface area contributed by atoms with Crippen molar-refractivity contribution >= 4 is 40.0 Å². The van der Waals surface area contributed by atoms with Crippen molar-refractivity contribution in [2.75, 3.05) is 12.1 Å². The molecule has 10 nitrogen and oxygen atoms in total. The van der Waals surface area contributed by atoms with E-state index in [0.717, 1.165) is 11.3 Å². The third-order valence-corrected chi connectivity index (χ3v) is 4.37. The summed E-state index contributed by atoms with van der Waals surface area (Å²) < 4.78 is 10.5. The molecular weight excluding hydrogens is 378 g/mol. The Morgan fingerprint density at radius 1 is 1.22 bits per heavy atom. The molecule has 0 fully saturated rings. The number of fused-ring (bicyclic) bond motifs is 1. The van der Waals surface area contributed by atoms with Crippen LogP contribution in [0, 0.1) is 0 Å². The fraction of sp³-hybridized carbons (Fsp3) is 0.250. The summed E-state index contributed by atoms with van der Waals surface area (Å²) in [5.74, 6) is -1.90. The first kappa shape index (κ1) is 18.5. The number of carbonyl (C=O) groups is 3. The van der Waals surface area contributed by atoms with Crippen LogP contribution in [0.4, 0.5) is 10.8 Å². The molecule has 0 radical (unpaired) electrons. The van der Waals surface area contributed by atoms with E-state index in [2.05, 4.69) is 15.6 Å². The van der Waals surface area contributed by atoms with Gasteiger partial charge in [-0.05, 0) is 18.6 Å². The third-order valence-electron chi connectivity index (χ3n) is 3.61. The van der Waals surface area contributed by atoms with Gasteiger partial charge in [0.25, 0.3) is 5.91 Å². The summed E-state index contributed by atoms with van der Waals surface area (Å²) in [7, 11) is 0. The molecule has 0 bridgehead atoms. The second-order valence-electron chi connectivity index (χ2n) is 5.53. The van der Waals surface area contributed by atoms with E-state index in [1.54, 1.807) is 18.2 Å². The Kier molecular flexibility index (Phi) is 5.41. The van der Waals surface area contributed by atoms with Crippen molar-refractivity contribution in [3.8, 4) is 11.5 Å². The van der Waals surface area contributed by atoms with Gasteiger partial charge in [0.2, 0.25) is 6.79 Å². The van der Waals surface area contributed by atoms with Gasteiger partial charge in [0.05, 0.1) is 0 Å². The quantitative estimate of drug-likeness (QED) is 0.525. The van der Waals surface area contributed by atoms with Gasteiger partial charge in [-0.3, -0.25) is 9.59 Å². The lowest BCUT2D eigenvalue weighted by molar-refractivity contribution is -0.140. The number of carboxylic acids is 2. The Morgan fingerprint density at radius 2 is 2.00 bits per heavy atom. The molecule has 0 saturated carbocycles. The number of benzene rings is 1. The smallest absolute Gasteiger partial charge is 0.326 e. The standard InChI is InChI=1S/C16H15N3O7S/c20-13(21)4-2-9(15(23)24)18-14(22)10-6-27-16(19-10)17-8-1-3-11-12(5-8)26-7-25-11/h1,3,5-6,9H,2,4,7H2,(H,17,19)(H,18,22)(H,20,21)(H,23,24). The largest absolute Gasteiger partial charge is 0.481 e. The molecule has 0 aliphatic carbocycles. The number of hydrogen-bond acceptors (Lipinski definition) is 8. The van der Waals surface area contributed by atoms with Crippen molar-refractivity contribution in [2.45, 2.75) is 18.9 Å². The first-order valence-electron chi connectivity index (χ1n) is 7.80. The molecule has 1 aliphatic rings. The Balaban J connectivity index is 1.63. The van der Waals surface area contributed by atoms with E-state index < -0.39 is 23.9 Å². The van der Waals surface area contributed by atoms with Crippen molar-refractivity contribution in [3.05, 3.63) is 29.3 Å². The molecular formula is C16H15N3O7S. The second kappa shape index (κ2) is 7.91. The Hall–Kier alpha value is -3.34. The average molecular weight is 393 g/mol. The maximum Gasteiger partial charge on any atom is 0.326 e. The lowest BCUT2D eigenvalue weighted by Crippen LogP contribution is -2.41. The summed E-state index contributed by atoms with van der Waals surface area (Å²) in [5, 5.41) is 25.0. The highest BCUT2D eigenvalue weighted by atomic mass is 32.1. The molecule has 3 rings (SSSR count). The highest BCUT2D eigenvalue weighted by molar-refractivity contribution is 7.14. The van der Waals surface area contributed by atoms with Gasteiger partial charge in [-0.15, -0.1) is 11.3 Å². The minimum Gasteiger partial charge on any atom is -0.481 e. The number of anilines is 2. The van der Waals surface area contributed by atoms with Crippen LogP contribution >= 0.6 is 11.3 Å². The Labute approximate surface area is 156 Å². The zero-order valence-electron chi connectivity index (χ0n) is 13.8. The molecule has 2 aromatic rings. The predicted molar refractivity (Wildman–Crippen MR) is 93.7 cm³/mol. The number of nitrogens with one attached hydrogen (secondary N) is 2. The highest BCUT2D eigenvalue weighted by Gasteiger charge is 2.23. The number of nitrogens with zero attached hydrogens (tertiary/aromatic N) is 1. The van der Waals surface area contributed by atoms with Crippen LogP contribution in [0.5, 0.6) is 11.5 Å². The second-order valence-corrected chi connectivity index (χ2v) is 6.39. The summed E-state index contributed by atoms with van der Waals surface area (Å²) in [6.45, 7) is 0.160. The Morgan fingerprint density at radius 3 is 2.74 bits per heavy atom. The van der Waals surface area contributed by atoms with Crippen molar-refractivity contribution in [3.63, 3.8) is 0 Å². The zero-order chi connectivity index (χ0) is 19.4. The summed E-state index contributed by atoms with van der Waals surface area (Å²) in [5.41, 5.74) is 0.718. The normalized spacial score (nSPS) is 13.0. The molecule has 4 N–H and O–H groups in total. The van der Waals surface area contributed by atoms with Crippen LogP contribution in [-0.2, 0) is 9.59 Å². The molecule has 1 amide bonds. The van der Waals surface area contributed by atoms with Gasteiger partial charge in [0, 0.05) is 23.6 Å². The van der Waals surface area contributed by atoms with Crippen LogP contribution in [0.2, 0.25) is 0 Å². The fourth-order valence-electron chi connectivity index (χ4n) is 2.29. The maximum absolute atomic E-state index is 12.2. The third kappa shape index (κ3) is 4.64. The predicted octanol–water partition coefficient (Wildman–Crippen LogP) is 1.66. The summed E-state index contributed by atoms with van der Waals surface area (Å²) in [4.78, 5) is 38.0. The van der Waals surface area contributed by atoms with E-state index in [0.29, 0.717) is 22.3 Å². The van der Waals surface area contributed by atoms with Crippen LogP contribution in [0.3, 0.4) is 0 Å². The molecule has 1 unspecified atom stereocenters. The van der Waals surface area contributed by atoms with Gasteiger partial charge >= 0.3 is 11.9 Å². The minimum absolute atomic E-state index is 0.0322. The van der Waals surface area contributed by atoms with Gasteiger partial charge in [0.1, 0.15) is 11.7 Å². The molecule has 1 aromatic carbocycles. The monoisotopic (exact) mass is 393 g/mol. The van der Waals surface area contributed by atoms with E-state index >= 15 is 0 Å². The van der Waals surface area contributed by atoms with Gasteiger partial charge < -0.3 is 30.3 Å². The lowest BCUT2D eigenvalue weighted by Gasteiger charge is -2.12. The number of ether oxygens (including phenoxy) is 2. The number of rotatable bonds is 8. The number of aliphatic carboxylic acids is 2. The first-order valence-corrected chi connectivity index (χ1v) is 8.68. The number of aromatic nitrogens is 1. The number of amides is 1.